The molecule has 84 heavy (non-hydrogen) atoms. The third-order valence-corrected chi connectivity index (χ3v) is 17.2. The maximum atomic E-state index is 13.8. The van der Waals surface area contributed by atoms with Crippen LogP contribution in [-0.2, 0) is 38.4 Å². The van der Waals surface area contributed by atoms with Crippen LogP contribution >= 0.6 is 0 Å². The van der Waals surface area contributed by atoms with Crippen LogP contribution in [0.1, 0.15) is 155 Å². The van der Waals surface area contributed by atoms with Gasteiger partial charge in [0.25, 0.3) is 11.8 Å². The number of amides is 8. The summed E-state index contributed by atoms with van der Waals surface area (Å²) in [5.41, 5.74) is 9.61. The standard InChI is InChI=1S/2C32H42N6O4/c2*1-19(2)27-28(39)33-20(3)29(40)38-17-6-8-24(36-38)30(41)37-16-7-9-26(37)23-13-12-22-11-10-21(18-25(22)34-23)14-15-32(4,5)31(42)35-27/h2*10-15,18-20,24,26-27,36H,6-9,16-17H2,1-5H3,(H,33,39)(H,35,42)/b2*15-14+/t20-,24?,26+,27+;20-,24?,26-,27+/m11/s1. The van der Waals surface area contributed by atoms with Crippen LogP contribution in [0.25, 0.3) is 34.0 Å². The summed E-state index contributed by atoms with van der Waals surface area (Å²) in [5.74, 6) is -2.58. The number of aromatic nitrogens is 2. The molecule has 20 heteroatoms. The third kappa shape index (κ3) is 13.5. The predicted molar refractivity (Wildman–Crippen MR) is 321 cm³/mol. The number of nitrogens with one attached hydrogen (secondary N) is 6. The van der Waals surface area contributed by atoms with Crippen LogP contribution in [0.4, 0.5) is 0 Å². The molecular formula is C64H84N12O8. The van der Waals surface area contributed by atoms with Gasteiger partial charge in [-0.3, -0.25) is 58.3 Å². The molecule has 6 N–H and O–H groups in total. The van der Waals surface area contributed by atoms with Crippen molar-refractivity contribution in [1.29, 1.82) is 0 Å². The minimum absolute atomic E-state index is 0.0408. The van der Waals surface area contributed by atoms with Gasteiger partial charge in [0.05, 0.1) is 45.3 Å². The average Bonchev–Trinajstić information content (AvgIpc) is 4.21. The Balaban J connectivity index is 0.000000202. The van der Waals surface area contributed by atoms with E-state index in [2.05, 4.69) is 32.1 Å². The van der Waals surface area contributed by atoms with Crippen LogP contribution in [0.3, 0.4) is 0 Å². The van der Waals surface area contributed by atoms with Gasteiger partial charge in [-0.15, -0.1) is 0 Å². The monoisotopic (exact) mass is 1150 g/mol. The molecule has 10 bridgehead atoms. The van der Waals surface area contributed by atoms with Crippen LogP contribution in [-0.4, -0.2) is 139 Å². The topological polar surface area (TPSA) is 247 Å². The van der Waals surface area contributed by atoms with E-state index in [0.29, 0.717) is 51.9 Å². The molecule has 4 aromatic rings. The second-order valence-corrected chi connectivity index (χ2v) is 25.3. The second kappa shape index (κ2) is 25.3. The Morgan fingerprint density at radius 2 is 0.845 bits per heavy atom. The van der Waals surface area contributed by atoms with E-state index in [9.17, 15) is 38.4 Å². The molecule has 2 unspecified atom stereocenters. The molecule has 4 saturated heterocycles. The first-order valence-electron chi connectivity index (χ1n) is 30.1. The highest BCUT2D eigenvalue weighted by molar-refractivity contribution is 5.96. The van der Waals surface area contributed by atoms with Gasteiger partial charge >= 0.3 is 0 Å². The summed E-state index contributed by atoms with van der Waals surface area (Å²) in [6, 6.07) is 15.3. The molecule has 2 aromatic heterocycles. The van der Waals surface area contributed by atoms with Gasteiger partial charge in [0.15, 0.2) is 0 Å². The summed E-state index contributed by atoms with van der Waals surface area (Å²) in [6.45, 7) is 20.0. The van der Waals surface area contributed by atoms with Crippen molar-refractivity contribution in [2.24, 2.45) is 22.7 Å². The fourth-order valence-corrected chi connectivity index (χ4v) is 11.9. The van der Waals surface area contributed by atoms with E-state index in [-0.39, 0.29) is 59.4 Å². The number of carbonyl (C=O) groups is 8. The number of hydrazine groups is 2. The first-order chi connectivity index (χ1) is 39.9. The number of fused-ring (bicyclic) bond motifs is 12. The molecule has 10 rings (SSSR count). The lowest BCUT2D eigenvalue weighted by molar-refractivity contribution is -0.147. The lowest BCUT2D eigenvalue weighted by Gasteiger charge is -2.37. The maximum Gasteiger partial charge on any atom is 0.258 e. The first-order valence-corrected chi connectivity index (χ1v) is 30.1. The lowest BCUT2D eigenvalue weighted by atomic mass is 9.89. The van der Waals surface area contributed by atoms with Gasteiger partial charge in [-0.25, -0.2) is 10.9 Å². The van der Waals surface area contributed by atoms with Gasteiger partial charge in [-0.2, -0.15) is 0 Å². The highest BCUT2D eigenvalue weighted by Gasteiger charge is 2.41. The Hall–Kier alpha value is -7.58. The number of pyridine rings is 2. The molecule has 0 spiro atoms. The van der Waals surface area contributed by atoms with E-state index in [1.807, 2.05) is 122 Å². The van der Waals surface area contributed by atoms with Gasteiger partial charge in [0, 0.05) is 37.0 Å². The minimum atomic E-state index is -0.907. The van der Waals surface area contributed by atoms with E-state index in [0.717, 1.165) is 70.0 Å². The zero-order valence-corrected chi connectivity index (χ0v) is 50.3. The average molecular weight is 1150 g/mol. The summed E-state index contributed by atoms with van der Waals surface area (Å²) in [4.78, 5) is 121. The molecule has 4 fully saturated rings. The third-order valence-electron chi connectivity index (χ3n) is 17.2. The summed E-state index contributed by atoms with van der Waals surface area (Å²) >= 11 is 0. The highest BCUT2D eigenvalue weighted by atomic mass is 16.2. The molecule has 448 valence electrons. The Morgan fingerprint density at radius 1 is 0.476 bits per heavy atom. The minimum Gasteiger partial charge on any atom is -0.343 e. The van der Waals surface area contributed by atoms with Crippen molar-refractivity contribution >= 4 is 81.2 Å². The van der Waals surface area contributed by atoms with Crippen LogP contribution in [0.2, 0.25) is 0 Å². The van der Waals surface area contributed by atoms with Gasteiger partial charge in [-0.1, -0.05) is 88.4 Å². The quantitative estimate of drug-likeness (QED) is 0.132. The highest BCUT2D eigenvalue weighted by Crippen LogP contribution is 2.36. The summed E-state index contributed by atoms with van der Waals surface area (Å²) < 4.78 is 0. The van der Waals surface area contributed by atoms with E-state index in [1.54, 1.807) is 41.5 Å². The number of hydrogen-bond acceptors (Lipinski definition) is 12. The number of nitrogens with zero attached hydrogens (tertiary/aromatic N) is 6. The fourth-order valence-electron chi connectivity index (χ4n) is 11.9. The van der Waals surface area contributed by atoms with Crippen molar-refractivity contribution in [3.05, 3.63) is 95.3 Å². The normalized spacial score (nSPS) is 28.0. The summed E-state index contributed by atoms with van der Waals surface area (Å²) in [7, 11) is 0. The van der Waals surface area contributed by atoms with Crippen molar-refractivity contribution < 1.29 is 38.4 Å². The molecule has 0 radical (unpaired) electrons. The van der Waals surface area contributed by atoms with Crippen LogP contribution in [0.5, 0.6) is 0 Å². The zero-order chi connectivity index (χ0) is 60.4. The van der Waals surface area contributed by atoms with Gasteiger partial charge in [-0.05, 0) is 140 Å². The predicted octanol–water partition coefficient (Wildman–Crippen LogP) is 6.18. The largest absolute Gasteiger partial charge is 0.343 e. The van der Waals surface area contributed by atoms with Crippen LogP contribution < -0.4 is 32.1 Å². The van der Waals surface area contributed by atoms with Gasteiger partial charge < -0.3 is 31.1 Å². The second-order valence-electron chi connectivity index (χ2n) is 25.3. The maximum absolute atomic E-state index is 13.8. The SMILES string of the molecule is CC(C)[C@@H]1NC(=O)C(C)(C)/C=C/c2ccc3ccc(nc3c2)[C@@H]2CCCN2C(=O)C2CCCN(N2)C(=O)[C@@H](C)NC1=O.CC(C)[C@@H]1NC(=O)C(C)(C)/C=C/c2ccc3ccc(nc3c2)[C@H]2CCCN2C(=O)C2CCCN(N2)C(=O)[C@@H](C)NC1=O. The number of carbonyl (C=O) groups excluding carboxylic acids is 8. The molecule has 6 aliphatic rings. The van der Waals surface area contributed by atoms with E-state index < -0.39 is 58.9 Å². The lowest BCUT2D eigenvalue weighted by Crippen LogP contribution is -2.62. The number of benzene rings is 2. The molecule has 6 aliphatic heterocycles. The smallest absolute Gasteiger partial charge is 0.258 e. The van der Waals surface area contributed by atoms with Crippen molar-refractivity contribution in [3.63, 3.8) is 0 Å². The summed E-state index contributed by atoms with van der Waals surface area (Å²) in [5, 5.41) is 16.3. The van der Waals surface area contributed by atoms with Gasteiger partial charge in [0.2, 0.25) is 35.4 Å². The number of hydrogen-bond donors (Lipinski definition) is 6. The molecule has 8 atom stereocenters. The van der Waals surface area contributed by atoms with Crippen LogP contribution in [0, 0.1) is 22.7 Å². The Bertz CT molecular complexity index is 3050. The van der Waals surface area contributed by atoms with Crippen molar-refractivity contribution in [2.75, 3.05) is 26.2 Å². The molecular weight excluding hydrogens is 1060 g/mol. The molecule has 8 heterocycles. The fraction of sp³-hybridized carbons (Fsp3) is 0.531. The summed E-state index contributed by atoms with van der Waals surface area (Å²) in [6.07, 6.45) is 13.4. The van der Waals surface area contributed by atoms with Crippen molar-refractivity contribution in [2.45, 2.75) is 169 Å². The van der Waals surface area contributed by atoms with Crippen molar-refractivity contribution in [3.8, 4) is 0 Å². The molecule has 0 saturated carbocycles. The van der Waals surface area contributed by atoms with Gasteiger partial charge in [0.1, 0.15) is 36.3 Å². The molecule has 8 amide bonds. The Labute approximate surface area is 492 Å². The van der Waals surface area contributed by atoms with Crippen LogP contribution in [0.15, 0.2) is 72.8 Å². The van der Waals surface area contributed by atoms with Crippen molar-refractivity contribution in [1.82, 2.24) is 61.9 Å². The first kappa shape index (κ1) is 61.0. The van der Waals surface area contributed by atoms with E-state index in [4.69, 9.17) is 9.97 Å². The van der Waals surface area contributed by atoms with E-state index >= 15 is 0 Å². The van der Waals surface area contributed by atoms with E-state index in [1.165, 1.54) is 10.0 Å². The Morgan fingerprint density at radius 3 is 1.23 bits per heavy atom. The molecule has 0 aliphatic carbocycles. The Kier molecular flexibility index (Phi) is 18.4. The number of rotatable bonds is 2. The zero-order valence-electron chi connectivity index (χ0n) is 50.3. The molecule has 2 aromatic carbocycles. The molecule has 20 nitrogen and oxygen atoms in total.